The van der Waals surface area contributed by atoms with E-state index in [1.165, 1.54) is 11.6 Å². The van der Waals surface area contributed by atoms with Crippen LogP contribution in [0.25, 0.3) is 0 Å². The molecule has 4 aliphatic carbocycles. The van der Waals surface area contributed by atoms with E-state index in [4.69, 9.17) is 14.2 Å². The highest BCUT2D eigenvalue weighted by molar-refractivity contribution is 5.69. The maximum atomic E-state index is 12.9. The van der Waals surface area contributed by atoms with Crippen LogP contribution in [-0.4, -0.2) is 31.6 Å². The average molecular weight is 1070 g/mol. The zero-order valence-electron chi connectivity index (χ0n) is 47.9. The van der Waals surface area contributed by atoms with Crippen LogP contribution in [0.5, 0.6) is 40.2 Å². The zero-order valence-corrected chi connectivity index (χ0v) is 47.9. The fourth-order valence-electron chi connectivity index (χ4n) is 13.9. The van der Waals surface area contributed by atoms with E-state index in [-0.39, 0.29) is 28.9 Å². The first-order chi connectivity index (χ1) is 38.3. The van der Waals surface area contributed by atoms with E-state index in [1.54, 1.807) is 12.1 Å². The number of hydrogen-bond donors (Lipinski definition) is 5. The van der Waals surface area contributed by atoms with Gasteiger partial charge >= 0.3 is 0 Å². The van der Waals surface area contributed by atoms with Crippen molar-refractivity contribution >= 4 is 0 Å². The van der Waals surface area contributed by atoms with Crippen molar-refractivity contribution in [3.63, 3.8) is 0 Å². The number of aliphatic hydroxyl groups is 2. The molecule has 412 valence electrons. The molecule has 0 radical (unpaired) electrons. The Balaban J connectivity index is 1.22. The summed E-state index contributed by atoms with van der Waals surface area (Å²) in [6.07, 6.45) is 17.2. The number of benzene rings is 5. The highest BCUT2D eigenvalue weighted by Crippen LogP contribution is 2.58. The SMILES string of the molecule is CC1=C2C=CC(CC(C)C)=C(Oc3cc(O)c4cc3C2C2C=C(C(O)=CC2O)C2c3ccc(CC(C)C)c(c3)Oc3cc5c(cc32)C(C2=CCC(=C(CC(C)C)C=C2)O5)c2cc(c(O)cc2O)C4c2ccc(CC(C)C)cc2)C1C. The maximum absolute atomic E-state index is 12.9. The average Bonchev–Trinajstić information content (AvgIpc) is 3.88. The predicted molar refractivity (Wildman–Crippen MR) is 317 cm³/mol. The largest absolute Gasteiger partial charge is 0.508 e. The lowest BCUT2D eigenvalue weighted by molar-refractivity contribution is 0.156. The summed E-state index contributed by atoms with van der Waals surface area (Å²) in [4.78, 5) is 0. The molecule has 0 amide bonds. The Morgan fingerprint density at radius 1 is 0.525 bits per heavy atom. The van der Waals surface area contributed by atoms with Crippen LogP contribution < -0.4 is 14.2 Å². The molecule has 0 spiro atoms. The molecule has 3 heterocycles. The Bertz CT molecular complexity index is 3620. The minimum Gasteiger partial charge on any atom is -0.508 e. The van der Waals surface area contributed by atoms with Gasteiger partial charge in [0.05, 0.1) is 6.10 Å². The summed E-state index contributed by atoms with van der Waals surface area (Å²) in [5.41, 5.74) is 13.6. The van der Waals surface area contributed by atoms with Gasteiger partial charge in [-0.15, -0.1) is 0 Å². The van der Waals surface area contributed by atoms with E-state index in [9.17, 15) is 25.5 Å². The van der Waals surface area contributed by atoms with Gasteiger partial charge in [-0.05, 0) is 131 Å². The van der Waals surface area contributed by atoms with Crippen LogP contribution in [0.2, 0.25) is 0 Å². The first kappa shape index (κ1) is 53.2. The summed E-state index contributed by atoms with van der Waals surface area (Å²) in [5, 5.41) is 63.6. The van der Waals surface area contributed by atoms with E-state index in [1.807, 2.05) is 18.2 Å². The van der Waals surface area contributed by atoms with Crippen LogP contribution in [0.15, 0.2) is 172 Å². The van der Waals surface area contributed by atoms with Crippen molar-refractivity contribution in [2.24, 2.45) is 35.5 Å². The maximum Gasteiger partial charge on any atom is 0.135 e. The number of fused-ring (bicyclic) bond motifs is 16. The van der Waals surface area contributed by atoms with Gasteiger partial charge in [-0.2, -0.15) is 0 Å². The lowest BCUT2D eigenvalue weighted by Gasteiger charge is -2.38. The number of aromatic hydroxyl groups is 3. The van der Waals surface area contributed by atoms with E-state index in [0.717, 1.165) is 104 Å². The summed E-state index contributed by atoms with van der Waals surface area (Å²) >= 11 is 0. The number of allylic oxidation sites excluding steroid dienone is 11. The Hall–Kier alpha value is -7.42. The van der Waals surface area contributed by atoms with Gasteiger partial charge in [0.15, 0.2) is 0 Å². The fourth-order valence-corrected chi connectivity index (χ4v) is 13.9. The van der Waals surface area contributed by atoms with Crippen LogP contribution in [0.3, 0.4) is 0 Å². The van der Waals surface area contributed by atoms with Gasteiger partial charge < -0.3 is 39.7 Å². The highest BCUT2D eigenvalue weighted by Gasteiger charge is 2.44. The number of ether oxygens (including phenoxy) is 3. The van der Waals surface area contributed by atoms with Gasteiger partial charge in [0.1, 0.15) is 57.5 Å². The lowest BCUT2D eigenvalue weighted by Crippen LogP contribution is -2.31. The molecule has 12 rings (SSSR count). The van der Waals surface area contributed by atoms with Crippen molar-refractivity contribution in [3.8, 4) is 40.2 Å². The van der Waals surface area contributed by atoms with Gasteiger partial charge in [-0.3, -0.25) is 0 Å². The fraction of sp³-hybridized carbons (Fsp3) is 0.361. The molecule has 5 aromatic rings. The van der Waals surface area contributed by atoms with Gasteiger partial charge in [-0.1, -0.05) is 141 Å². The van der Waals surface area contributed by atoms with Crippen molar-refractivity contribution in [1.82, 2.24) is 0 Å². The molecule has 7 atom stereocenters. The molecular weight excluding hydrogens is 993 g/mol. The number of rotatable bonds is 9. The predicted octanol–water partition coefficient (Wildman–Crippen LogP) is 17.0. The Morgan fingerprint density at radius 2 is 1.12 bits per heavy atom. The molecule has 0 saturated heterocycles. The van der Waals surface area contributed by atoms with Crippen LogP contribution in [0.1, 0.15) is 168 Å². The van der Waals surface area contributed by atoms with Crippen molar-refractivity contribution in [2.45, 2.75) is 131 Å². The van der Waals surface area contributed by atoms with Gasteiger partial charge in [-0.25, -0.2) is 0 Å². The second-order valence-corrected chi connectivity index (χ2v) is 25.4. The third-order valence-electron chi connectivity index (χ3n) is 17.7. The van der Waals surface area contributed by atoms with E-state index < -0.39 is 35.7 Å². The second-order valence-electron chi connectivity index (χ2n) is 25.4. The van der Waals surface area contributed by atoms with Crippen LogP contribution >= 0.6 is 0 Å². The Labute approximate surface area is 472 Å². The molecule has 3 aliphatic heterocycles. The van der Waals surface area contributed by atoms with Crippen molar-refractivity contribution in [2.75, 3.05) is 0 Å². The van der Waals surface area contributed by atoms with E-state index >= 15 is 0 Å². The molecule has 0 saturated carbocycles. The van der Waals surface area contributed by atoms with Crippen molar-refractivity contribution in [1.29, 1.82) is 0 Å². The zero-order chi connectivity index (χ0) is 56.2. The summed E-state index contributed by atoms with van der Waals surface area (Å²) in [6.45, 7) is 22.0. The molecule has 8 heteroatoms. The summed E-state index contributed by atoms with van der Waals surface area (Å²) in [6, 6.07) is 26.2. The molecule has 5 aromatic carbocycles. The number of phenols is 3. The monoisotopic (exact) mass is 1070 g/mol. The molecule has 0 aromatic heterocycles. The molecular formula is C72H76O8. The van der Waals surface area contributed by atoms with E-state index in [2.05, 4.69) is 154 Å². The number of hydrogen-bond acceptors (Lipinski definition) is 8. The Morgan fingerprint density at radius 3 is 1.84 bits per heavy atom. The minimum atomic E-state index is -1.15. The molecule has 0 fully saturated rings. The number of aliphatic hydroxyl groups excluding tert-OH is 2. The molecule has 7 aliphatic rings. The highest BCUT2D eigenvalue weighted by atomic mass is 16.5. The second kappa shape index (κ2) is 20.6. The topological polar surface area (TPSA) is 129 Å². The summed E-state index contributed by atoms with van der Waals surface area (Å²) in [5.74, 6) is 1.76. The van der Waals surface area contributed by atoms with E-state index in [0.29, 0.717) is 69.6 Å². The smallest absolute Gasteiger partial charge is 0.135 e. The molecule has 8 nitrogen and oxygen atoms in total. The van der Waals surface area contributed by atoms with Crippen LogP contribution in [0.4, 0.5) is 0 Å². The first-order valence-electron chi connectivity index (χ1n) is 29.2. The summed E-state index contributed by atoms with van der Waals surface area (Å²) < 4.78 is 21.7. The van der Waals surface area contributed by atoms with Crippen molar-refractivity contribution < 1.29 is 39.7 Å². The van der Waals surface area contributed by atoms with Gasteiger partial charge in [0.2, 0.25) is 0 Å². The molecule has 80 heavy (non-hydrogen) atoms. The summed E-state index contributed by atoms with van der Waals surface area (Å²) in [7, 11) is 0. The normalized spacial score (nSPS) is 23.4. The molecule has 5 N–H and O–H groups in total. The quantitative estimate of drug-likeness (QED) is 0.0987. The van der Waals surface area contributed by atoms with Gasteiger partial charge in [0.25, 0.3) is 0 Å². The first-order valence-corrected chi connectivity index (χ1v) is 29.2. The van der Waals surface area contributed by atoms with Gasteiger partial charge in [0, 0.05) is 99.1 Å². The minimum absolute atomic E-state index is 0.0259. The standard InChI is InChI=1S/C72H76O8/c1-36(2)23-42-11-13-43(14-12-42)68-50-28-51(59(74)32-58(50)73)69-44-15-16-45(24-37(3)4)63(22-20-44)78-66-35-67-56(31-55(66)69)70(47-18-17-46(25-38(5)6)64(27-47)79-67)52-29-54(61(76)33-60(52)75)71-49-21-19-48(26-39(7)8)72(41(10)40(49)9)80-65-34-62(77)53(68)30-57(65)71/h11-21,27-39,41,54,61,68-71,73-77H,22-26H2,1-10H3. The van der Waals surface area contributed by atoms with Crippen LogP contribution in [0, 0.1) is 35.5 Å². The lowest BCUT2D eigenvalue weighted by atomic mass is 9.69. The van der Waals surface area contributed by atoms with Crippen molar-refractivity contribution in [3.05, 3.63) is 228 Å². The third-order valence-corrected chi connectivity index (χ3v) is 17.7. The Kier molecular flexibility index (Phi) is 13.7. The number of phenolic OH excluding ortho intramolecular Hbond substituents is 3. The third kappa shape index (κ3) is 9.41. The van der Waals surface area contributed by atoms with Crippen LogP contribution in [-0.2, 0) is 12.8 Å². The molecule has 7 unspecified atom stereocenters. The molecule has 14 bridgehead atoms.